The lowest BCUT2D eigenvalue weighted by Crippen LogP contribution is -2.34. The van der Waals surface area contributed by atoms with Crippen LogP contribution < -0.4 is 4.74 Å². The number of ether oxygens (including phenoxy) is 2. The molecular weight excluding hydrogens is 362 g/mol. The maximum atomic E-state index is 12.9. The summed E-state index contributed by atoms with van der Waals surface area (Å²) in [7, 11) is -3.51. The molecule has 5 nitrogen and oxygen atoms in total. The zero-order valence-electron chi connectivity index (χ0n) is 15.5. The Labute approximate surface area is 161 Å². The molecule has 2 aromatic rings. The van der Waals surface area contributed by atoms with Crippen LogP contribution in [0.3, 0.4) is 0 Å². The van der Waals surface area contributed by atoms with Crippen molar-refractivity contribution in [1.29, 1.82) is 0 Å². The highest BCUT2D eigenvalue weighted by molar-refractivity contribution is 7.89. The zero-order chi connectivity index (χ0) is 19.1. The summed E-state index contributed by atoms with van der Waals surface area (Å²) >= 11 is 0. The summed E-state index contributed by atoms with van der Waals surface area (Å²) in [5, 5.41) is 0. The first-order chi connectivity index (χ1) is 13.1. The number of sulfonamides is 1. The van der Waals surface area contributed by atoms with Gasteiger partial charge in [0.1, 0.15) is 12.4 Å². The van der Waals surface area contributed by atoms with Crippen LogP contribution >= 0.6 is 0 Å². The highest BCUT2D eigenvalue weighted by Crippen LogP contribution is 2.26. The molecule has 0 aliphatic carbocycles. The van der Waals surface area contributed by atoms with Crippen molar-refractivity contribution >= 4 is 15.6 Å². The van der Waals surface area contributed by atoms with E-state index < -0.39 is 10.0 Å². The number of hydrogen-bond acceptors (Lipinski definition) is 4. The molecule has 0 N–H and O–H groups in total. The summed E-state index contributed by atoms with van der Waals surface area (Å²) in [5.41, 5.74) is 2.35. The van der Waals surface area contributed by atoms with Crippen LogP contribution in [0.4, 0.5) is 0 Å². The van der Waals surface area contributed by atoms with Gasteiger partial charge in [-0.05, 0) is 48.7 Å². The fraction of sp³-hybridized carbons (Fsp3) is 0.333. The van der Waals surface area contributed by atoms with Crippen LogP contribution in [0.2, 0.25) is 0 Å². The Morgan fingerprint density at radius 2 is 1.74 bits per heavy atom. The lowest BCUT2D eigenvalue weighted by molar-refractivity contribution is 0.110. The van der Waals surface area contributed by atoms with Crippen LogP contribution in [-0.2, 0) is 14.8 Å². The van der Waals surface area contributed by atoms with E-state index in [4.69, 9.17) is 9.47 Å². The normalized spacial score (nSPS) is 15.4. The van der Waals surface area contributed by atoms with Crippen LogP contribution in [0.15, 0.2) is 65.6 Å². The van der Waals surface area contributed by atoms with Crippen LogP contribution in [0.1, 0.15) is 18.9 Å². The molecule has 0 aromatic heterocycles. The second kappa shape index (κ2) is 9.17. The molecule has 1 aliphatic rings. The fourth-order valence-corrected chi connectivity index (χ4v) is 4.38. The largest absolute Gasteiger partial charge is 0.491 e. The van der Waals surface area contributed by atoms with Crippen molar-refractivity contribution in [3.8, 4) is 5.75 Å². The van der Waals surface area contributed by atoms with Crippen molar-refractivity contribution in [2.24, 2.45) is 0 Å². The summed E-state index contributed by atoms with van der Waals surface area (Å²) in [6, 6.07) is 16.7. The molecule has 0 radical (unpaired) electrons. The van der Waals surface area contributed by atoms with Crippen molar-refractivity contribution in [2.75, 3.05) is 32.9 Å². The van der Waals surface area contributed by atoms with Gasteiger partial charge in [0.15, 0.2) is 0 Å². The summed E-state index contributed by atoms with van der Waals surface area (Å²) in [5.74, 6) is 0.638. The predicted molar refractivity (Wildman–Crippen MR) is 106 cm³/mol. The third-order valence-corrected chi connectivity index (χ3v) is 6.36. The SMILES string of the molecule is CCOCCOc1ccc(S(=O)(=O)N2CC=C(c3ccccc3)CC2)cc1. The second-order valence-corrected chi connectivity index (χ2v) is 8.16. The molecule has 0 unspecified atom stereocenters. The summed E-state index contributed by atoms with van der Waals surface area (Å²) in [6.45, 7) is 4.41. The van der Waals surface area contributed by atoms with E-state index in [9.17, 15) is 8.42 Å². The number of rotatable bonds is 8. The van der Waals surface area contributed by atoms with Gasteiger partial charge in [0.05, 0.1) is 11.5 Å². The Kier molecular flexibility index (Phi) is 6.66. The molecule has 1 heterocycles. The average Bonchev–Trinajstić information content (AvgIpc) is 2.72. The van der Waals surface area contributed by atoms with Crippen LogP contribution in [0, 0.1) is 0 Å². The molecule has 0 fully saturated rings. The Morgan fingerprint density at radius 1 is 1.00 bits per heavy atom. The van der Waals surface area contributed by atoms with Gasteiger partial charge in [-0.15, -0.1) is 0 Å². The van der Waals surface area contributed by atoms with Gasteiger partial charge in [-0.2, -0.15) is 4.31 Å². The minimum atomic E-state index is -3.51. The molecule has 0 saturated carbocycles. The van der Waals surface area contributed by atoms with Gasteiger partial charge < -0.3 is 9.47 Å². The van der Waals surface area contributed by atoms with Crippen molar-refractivity contribution < 1.29 is 17.9 Å². The Morgan fingerprint density at radius 3 is 2.37 bits per heavy atom. The van der Waals surface area contributed by atoms with Gasteiger partial charge in [0.2, 0.25) is 10.0 Å². The second-order valence-electron chi connectivity index (χ2n) is 6.23. The van der Waals surface area contributed by atoms with E-state index in [1.807, 2.05) is 31.2 Å². The van der Waals surface area contributed by atoms with E-state index in [2.05, 4.69) is 12.1 Å². The summed E-state index contributed by atoms with van der Waals surface area (Å²) in [6.07, 6.45) is 2.71. The van der Waals surface area contributed by atoms with E-state index in [1.54, 1.807) is 24.3 Å². The molecule has 0 saturated heterocycles. The van der Waals surface area contributed by atoms with Gasteiger partial charge in [0.25, 0.3) is 0 Å². The first-order valence-corrected chi connectivity index (χ1v) is 10.6. The Hall–Kier alpha value is -2.15. The lowest BCUT2D eigenvalue weighted by atomic mass is 10.0. The van der Waals surface area contributed by atoms with Crippen molar-refractivity contribution in [3.63, 3.8) is 0 Å². The smallest absolute Gasteiger partial charge is 0.243 e. The molecule has 3 rings (SSSR count). The topological polar surface area (TPSA) is 55.8 Å². The maximum Gasteiger partial charge on any atom is 0.243 e. The molecule has 144 valence electrons. The first kappa shape index (κ1) is 19.6. The molecule has 0 atom stereocenters. The molecule has 27 heavy (non-hydrogen) atoms. The van der Waals surface area contributed by atoms with Gasteiger partial charge in [-0.25, -0.2) is 8.42 Å². The average molecular weight is 388 g/mol. The van der Waals surface area contributed by atoms with Crippen LogP contribution in [0.25, 0.3) is 5.57 Å². The van der Waals surface area contributed by atoms with E-state index in [-0.39, 0.29) is 4.90 Å². The lowest BCUT2D eigenvalue weighted by Gasteiger charge is -2.26. The highest BCUT2D eigenvalue weighted by atomic mass is 32.2. The predicted octanol–water partition coefficient (Wildman–Crippen LogP) is 3.58. The molecule has 2 aromatic carbocycles. The number of benzene rings is 2. The van der Waals surface area contributed by atoms with Gasteiger partial charge >= 0.3 is 0 Å². The fourth-order valence-electron chi connectivity index (χ4n) is 3.00. The standard InChI is InChI=1S/C21H25NO4S/c1-2-25-16-17-26-20-8-10-21(11-9-20)27(23,24)22-14-12-19(13-15-22)18-6-4-3-5-7-18/h3-12H,2,13-17H2,1H3. The van der Waals surface area contributed by atoms with Gasteiger partial charge in [-0.3, -0.25) is 0 Å². The Balaban J connectivity index is 1.64. The first-order valence-electron chi connectivity index (χ1n) is 9.16. The maximum absolute atomic E-state index is 12.9. The van der Waals surface area contributed by atoms with Crippen molar-refractivity contribution in [2.45, 2.75) is 18.2 Å². The zero-order valence-corrected chi connectivity index (χ0v) is 16.3. The van der Waals surface area contributed by atoms with E-state index >= 15 is 0 Å². The van der Waals surface area contributed by atoms with E-state index in [1.165, 1.54) is 9.88 Å². The molecule has 6 heteroatoms. The van der Waals surface area contributed by atoms with E-state index in [0.29, 0.717) is 45.1 Å². The summed E-state index contributed by atoms with van der Waals surface area (Å²) in [4.78, 5) is 0.288. The van der Waals surface area contributed by atoms with Crippen LogP contribution in [-0.4, -0.2) is 45.6 Å². The van der Waals surface area contributed by atoms with Crippen LogP contribution in [0.5, 0.6) is 5.75 Å². The molecule has 1 aliphatic heterocycles. The quantitative estimate of drug-likeness (QED) is 0.650. The van der Waals surface area contributed by atoms with Gasteiger partial charge in [0, 0.05) is 19.7 Å². The molecule has 0 amide bonds. The third kappa shape index (κ3) is 4.97. The number of nitrogens with zero attached hydrogens (tertiary/aromatic N) is 1. The summed E-state index contributed by atoms with van der Waals surface area (Å²) < 4.78 is 38.0. The molecule has 0 spiro atoms. The Bertz CT molecular complexity index is 861. The minimum Gasteiger partial charge on any atom is -0.491 e. The third-order valence-electron chi connectivity index (χ3n) is 4.48. The minimum absolute atomic E-state index is 0.288. The van der Waals surface area contributed by atoms with Crippen molar-refractivity contribution in [3.05, 3.63) is 66.2 Å². The molecular formula is C21H25NO4S. The van der Waals surface area contributed by atoms with E-state index in [0.717, 1.165) is 5.56 Å². The monoisotopic (exact) mass is 387 g/mol. The van der Waals surface area contributed by atoms with Gasteiger partial charge in [-0.1, -0.05) is 36.4 Å². The number of hydrogen-bond donors (Lipinski definition) is 0. The van der Waals surface area contributed by atoms with Crippen molar-refractivity contribution in [1.82, 2.24) is 4.31 Å². The highest BCUT2D eigenvalue weighted by Gasteiger charge is 2.26. The molecule has 0 bridgehead atoms.